The molecule has 1 aliphatic heterocycles. The zero-order valence-corrected chi connectivity index (χ0v) is 14.8. The van der Waals surface area contributed by atoms with Gasteiger partial charge in [0.15, 0.2) is 0 Å². The maximum atomic E-state index is 12.3. The Bertz CT molecular complexity index is 601. The topological polar surface area (TPSA) is 75.9 Å². The molecule has 1 saturated carbocycles. The Morgan fingerprint density at radius 2 is 2.00 bits per heavy atom. The van der Waals surface area contributed by atoms with Gasteiger partial charge in [0, 0.05) is 25.7 Å². The first-order valence-corrected chi connectivity index (χ1v) is 9.06. The molecule has 2 N–H and O–H groups in total. The van der Waals surface area contributed by atoms with E-state index in [-0.39, 0.29) is 18.6 Å². The van der Waals surface area contributed by atoms with Gasteiger partial charge in [-0.3, -0.25) is 4.79 Å². The van der Waals surface area contributed by atoms with Crippen molar-refractivity contribution in [3.8, 4) is 0 Å². The highest BCUT2D eigenvalue weighted by Crippen LogP contribution is 2.30. The fourth-order valence-electron chi connectivity index (χ4n) is 3.30. The Labute approximate surface area is 148 Å². The Morgan fingerprint density at radius 1 is 1.28 bits per heavy atom. The van der Waals surface area contributed by atoms with E-state index in [4.69, 9.17) is 10.5 Å². The van der Waals surface area contributed by atoms with E-state index in [1.807, 2.05) is 35.2 Å². The highest BCUT2D eigenvalue weighted by molar-refractivity contribution is 5.81. The Balaban J connectivity index is 1.47. The van der Waals surface area contributed by atoms with E-state index < -0.39 is 6.04 Å². The van der Waals surface area contributed by atoms with Gasteiger partial charge in [0.25, 0.3) is 0 Å². The van der Waals surface area contributed by atoms with Crippen molar-refractivity contribution in [3.05, 3.63) is 35.9 Å². The minimum atomic E-state index is -0.464. The number of ether oxygens (including phenoxy) is 1. The van der Waals surface area contributed by atoms with Gasteiger partial charge in [0.1, 0.15) is 6.61 Å². The number of amides is 2. The number of hydrogen-bond donors (Lipinski definition) is 1. The van der Waals surface area contributed by atoms with Crippen molar-refractivity contribution in [1.29, 1.82) is 0 Å². The maximum absolute atomic E-state index is 12.3. The Morgan fingerprint density at radius 3 is 2.64 bits per heavy atom. The summed E-state index contributed by atoms with van der Waals surface area (Å²) >= 11 is 0. The highest BCUT2D eigenvalue weighted by atomic mass is 16.6. The summed E-state index contributed by atoms with van der Waals surface area (Å²) in [5.74, 6) is 0.320. The van der Waals surface area contributed by atoms with E-state index in [0.717, 1.165) is 24.8 Å². The van der Waals surface area contributed by atoms with E-state index in [1.165, 1.54) is 0 Å². The van der Waals surface area contributed by atoms with Crippen molar-refractivity contribution in [2.75, 3.05) is 19.6 Å². The number of rotatable bonds is 6. The monoisotopic (exact) mass is 345 g/mol. The minimum absolute atomic E-state index is 0.0209. The third-order valence-corrected chi connectivity index (χ3v) is 4.86. The van der Waals surface area contributed by atoms with Crippen LogP contribution in [0.4, 0.5) is 4.79 Å². The van der Waals surface area contributed by atoms with Crippen molar-refractivity contribution in [3.63, 3.8) is 0 Å². The second kappa shape index (κ2) is 7.87. The predicted molar refractivity (Wildman–Crippen MR) is 94.7 cm³/mol. The Kier molecular flexibility index (Phi) is 5.58. The smallest absolute Gasteiger partial charge is 0.410 e. The Hall–Kier alpha value is -2.08. The van der Waals surface area contributed by atoms with E-state index >= 15 is 0 Å². The average Bonchev–Trinajstić information content (AvgIpc) is 3.35. The number of likely N-dealkylation sites (tertiary alicyclic amines) is 1. The van der Waals surface area contributed by atoms with Gasteiger partial charge in [-0.2, -0.15) is 0 Å². The van der Waals surface area contributed by atoms with Gasteiger partial charge >= 0.3 is 6.09 Å². The van der Waals surface area contributed by atoms with Crippen LogP contribution in [0.25, 0.3) is 0 Å². The molecule has 1 aliphatic carbocycles. The molecule has 3 rings (SSSR count). The standard InChI is InChI=1S/C19H27N3O3/c1-14(20)18(23)22(17-7-8-17)12-16-9-10-21(11-16)19(24)25-13-15-5-3-2-4-6-15/h2-6,14,16-17H,7-13,20H2,1H3/t14-,16+/m0/s1. The fraction of sp³-hybridized carbons (Fsp3) is 0.579. The van der Waals surface area contributed by atoms with Gasteiger partial charge in [0.2, 0.25) is 5.91 Å². The molecule has 0 bridgehead atoms. The van der Waals surface area contributed by atoms with Crippen LogP contribution in [0.1, 0.15) is 31.7 Å². The van der Waals surface area contributed by atoms with Gasteiger partial charge in [0.05, 0.1) is 6.04 Å². The van der Waals surface area contributed by atoms with E-state index in [1.54, 1.807) is 11.8 Å². The molecule has 136 valence electrons. The summed E-state index contributed by atoms with van der Waals surface area (Å²) in [4.78, 5) is 28.2. The summed E-state index contributed by atoms with van der Waals surface area (Å²) < 4.78 is 5.40. The van der Waals surface area contributed by atoms with Crippen molar-refractivity contribution in [1.82, 2.24) is 9.80 Å². The fourth-order valence-corrected chi connectivity index (χ4v) is 3.30. The second-order valence-corrected chi connectivity index (χ2v) is 7.15. The van der Waals surface area contributed by atoms with E-state index in [0.29, 0.717) is 31.6 Å². The zero-order chi connectivity index (χ0) is 17.8. The maximum Gasteiger partial charge on any atom is 0.410 e. The first kappa shape index (κ1) is 17.7. The van der Waals surface area contributed by atoms with Gasteiger partial charge in [-0.25, -0.2) is 4.79 Å². The molecule has 2 aliphatic rings. The molecule has 1 saturated heterocycles. The van der Waals surface area contributed by atoms with Crippen LogP contribution in [0.5, 0.6) is 0 Å². The van der Waals surface area contributed by atoms with Crippen molar-refractivity contribution in [2.45, 2.75) is 44.9 Å². The average molecular weight is 345 g/mol. The van der Waals surface area contributed by atoms with Crippen molar-refractivity contribution in [2.24, 2.45) is 11.7 Å². The van der Waals surface area contributed by atoms with Crippen LogP contribution >= 0.6 is 0 Å². The molecule has 0 aromatic heterocycles. The van der Waals surface area contributed by atoms with Gasteiger partial charge in [-0.1, -0.05) is 30.3 Å². The quantitative estimate of drug-likeness (QED) is 0.855. The molecular weight excluding hydrogens is 318 g/mol. The molecule has 0 spiro atoms. The van der Waals surface area contributed by atoms with Crippen LogP contribution < -0.4 is 5.73 Å². The van der Waals surface area contributed by atoms with Gasteiger partial charge in [-0.15, -0.1) is 0 Å². The third kappa shape index (κ3) is 4.72. The summed E-state index contributed by atoms with van der Waals surface area (Å²) in [5, 5.41) is 0. The van der Waals surface area contributed by atoms with Gasteiger partial charge < -0.3 is 20.3 Å². The van der Waals surface area contributed by atoms with Crippen molar-refractivity contribution < 1.29 is 14.3 Å². The predicted octanol–water partition coefficient (Wildman–Crippen LogP) is 1.98. The zero-order valence-electron chi connectivity index (χ0n) is 14.8. The third-order valence-electron chi connectivity index (χ3n) is 4.86. The number of hydrogen-bond acceptors (Lipinski definition) is 4. The lowest BCUT2D eigenvalue weighted by Crippen LogP contribution is -2.45. The molecule has 1 heterocycles. The first-order valence-electron chi connectivity index (χ1n) is 9.06. The van der Waals surface area contributed by atoms with E-state index in [2.05, 4.69) is 0 Å². The van der Waals surface area contributed by atoms with Crippen molar-refractivity contribution >= 4 is 12.0 Å². The number of nitrogens with zero attached hydrogens (tertiary/aromatic N) is 2. The van der Waals surface area contributed by atoms with E-state index in [9.17, 15) is 9.59 Å². The first-order chi connectivity index (χ1) is 12.0. The van der Waals surface area contributed by atoms with Gasteiger partial charge in [-0.05, 0) is 37.7 Å². The molecule has 1 aromatic rings. The number of nitrogens with two attached hydrogens (primary N) is 1. The van der Waals surface area contributed by atoms with Crippen LogP contribution in [0, 0.1) is 5.92 Å². The van der Waals surface area contributed by atoms with Crippen LogP contribution in [0.2, 0.25) is 0 Å². The molecule has 0 radical (unpaired) electrons. The molecule has 2 amide bonds. The lowest BCUT2D eigenvalue weighted by molar-refractivity contribution is -0.133. The molecule has 2 fully saturated rings. The molecule has 1 aromatic carbocycles. The molecule has 6 nitrogen and oxygen atoms in total. The molecule has 25 heavy (non-hydrogen) atoms. The summed E-state index contributed by atoms with van der Waals surface area (Å²) in [5.41, 5.74) is 6.75. The summed E-state index contributed by atoms with van der Waals surface area (Å²) in [7, 11) is 0. The summed E-state index contributed by atoms with van der Waals surface area (Å²) in [6.45, 7) is 4.04. The lowest BCUT2D eigenvalue weighted by atomic mass is 10.1. The molecular formula is C19H27N3O3. The SMILES string of the molecule is C[C@H](N)C(=O)N(C[C@@H]1CCN(C(=O)OCc2ccccc2)C1)C1CC1. The van der Waals surface area contributed by atoms with Crippen LogP contribution in [-0.2, 0) is 16.1 Å². The lowest BCUT2D eigenvalue weighted by Gasteiger charge is -2.27. The molecule has 0 unspecified atom stereocenters. The van der Waals surface area contributed by atoms with Crippen LogP contribution in [0.3, 0.4) is 0 Å². The largest absolute Gasteiger partial charge is 0.445 e. The molecule has 2 atom stereocenters. The normalized spacial score (nSPS) is 21.0. The minimum Gasteiger partial charge on any atom is -0.445 e. The second-order valence-electron chi connectivity index (χ2n) is 7.15. The van der Waals surface area contributed by atoms with Crippen LogP contribution in [-0.4, -0.2) is 53.5 Å². The number of carbonyl (C=O) groups excluding carboxylic acids is 2. The number of benzene rings is 1. The summed E-state index contributed by atoms with van der Waals surface area (Å²) in [6.07, 6.45) is 2.75. The summed E-state index contributed by atoms with van der Waals surface area (Å²) in [6, 6.07) is 9.55. The number of carbonyl (C=O) groups is 2. The van der Waals surface area contributed by atoms with Crippen LogP contribution in [0.15, 0.2) is 30.3 Å². The molecule has 6 heteroatoms. The highest BCUT2D eigenvalue weighted by Gasteiger charge is 2.37.